The molecule has 0 saturated heterocycles. The first-order valence-corrected chi connectivity index (χ1v) is 8.64. The average molecular weight is 417 g/mol. The number of para-hydroxylation sites is 1. The summed E-state index contributed by atoms with van der Waals surface area (Å²) in [6, 6.07) is 11.9. The molecule has 0 aliphatic rings. The number of ether oxygens (including phenoxy) is 2. The van der Waals surface area contributed by atoms with Crippen molar-refractivity contribution in [1.82, 2.24) is 0 Å². The molecule has 2 aromatic carbocycles. The maximum atomic E-state index is 12.2. The van der Waals surface area contributed by atoms with Crippen molar-refractivity contribution >= 4 is 33.3 Å². The highest BCUT2D eigenvalue weighted by Crippen LogP contribution is 2.36. The lowest BCUT2D eigenvalue weighted by Crippen LogP contribution is -2.21. The SMILES string of the molecule is CCOc1cc(C#N)cc(Br)c1OCC(=O)Nc1ccccc1C(C)=O. The summed E-state index contributed by atoms with van der Waals surface area (Å²) >= 11 is 3.32. The molecule has 2 rings (SSSR count). The number of halogens is 1. The van der Waals surface area contributed by atoms with Crippen LogP contribution in [0.1, 0.15) is 29.8 Å². The van der Waals surface area contributed by atoms with Crippen molar-refractivity contribution in [3.63, 3.8) is 0 Å². The summed E-state index contributed by atoms with van der Waals surface area (Å²) < 4.78 is 11.6. The van der Waals surface area contributed by atoms with Gasteiger partial charge in [0.05, 0.1) is 28.4 Å². The molecule has 0 heterocycles. The van der Waals surface area contributed by atoms with Gasteiger partial charge in [0.25, 0.3) is 5.91 Å². The van der Waals surface area contributed by atoms with E-state index in [1.807, 2.05) is 13.0 Å². The molecule has 1 N–H and O–H groups in total. The standard InChI is InChI=1S/C19H17BrN2O4/c1-3-25-17-9-13(10-21)8-15(20)19(17)26-11-18(24)22-16-7-5-4-6-14(16)12(2)23/h4-9H,3,11H2,1-2H3,(H,22,24). The Morgan fingerprint density at radius 1 is 1.23 bits per heavy atom. The second kappa shape index (κ2) is 9.02. The van der Waals surface area contributed by atoms with Gasteiger partial charge in [-0.3, -0.25) is 9.59 Å². The van der Waals surface area contributed by atoms with Gasteiger partial charge in [0.2, 0.25) is 0 Å². The predicted octanol–water partition coefficient (Wildman–Crippen LogP) is 3.94. The van der Waals surface area contributed by atoms with Crippen molar-refractivity contribution in [2.24, 2.45) is 0 Å². The van der Waals surface area contributed by atoms with Crippen LogP contribution in [0, 0.1) is 11.3 Å². The molecule has 134 valence electrons. The molecule has 2 aromatic rings. The number of hydrogen-bond donors (Lipinski definition) is 1. The van der Waals surface area contributed by atoms with E-state index in [0.29, 0.717) is 39.4 Å². The fourth-order valence-electron chi connectivity index (χ4n) is 2.26. The monoisotopic (exact) mass is 416 g/mol. The first-order valence-electron chi connectivity index (χ1n) is 7.85. The van der Waals surface area contributed by atoms with Crippen molar-refractivity contribution < 1.29 is 19.1 Å². The fourth-order valence-corrected chi connectivity index (χ4v) is 2.82. The van der Waals surface area contributed by atoms with E-state index in [-0.39, 0.29) is 12.4 Å². The lowest BCUT2D eigenvalue weighted by atomic mass is 10.1. The largest absolute Gasteiger partial charge is 0.490 e. The highest BCUT2D eigenvalue weighted by Gasteiger charge is 2.15. The Labute approximate surface area is 159 Å². The molecule has 6 nitrogen and oxygen atoms in total. The highest BCUT2D eigenvalue weighted by molar-refractivity contribution is 9.10. The molecule has 1 amide bonds. The quantitative estimate of drug-likeness (QED) is 0.690. The molecule has 0 spiro atoms. The number of benzene rings is 2. The van der Waals surface area contributed by atoms with Crippen LogP contribution in [-0.2, 0) is 4.79 Å². The van der Waals surface area contributed by atoms with Gasteiger partial charge in [0, 0.05) is 11.6 Å². The molecule has 0 bridgehead atoms. The zero-order valence-corrected chi connectivity index (χ0v) is 15.9. The Bertz CT molecular complexity index is 874. The Kier molecular flexibility index (Phi) is 6.75. The van der Waals surface area contributed by atoms with Crippen LogP contribution in [0.5, 0.6) is 11.5 Å². The average Bonchev–Trinajstić information content (AvgIpc) is 2.61. The molecule has 0 fully saturated rings. The van der Waals surface area contributed by atoms with Crippen LogP contribution in [0.2, 0.25) is 0 Å². The zero-order valence-electron chi connectivity index (χ0n) is 14.3. The Morgan fingerprint density at radius 2 is 1.96 bits per heavy atom. The van der Waals surface area contributed by atoms with Gasteiger partial charge in [-0.05, 0) is 48.0 Å². The van der Waals surface area contributed by atoms with Gasteiger partial charge in [-0.15, -0.1) is 0 Å². The minimum absolute atomic E-state index is 0.143. The molecule has 0 radical (unpaired) electrons. The van der Waals surface area contributed by atoms with E-state index in [0.717, 1.165) is 0 Å². The third kappa shape index (κ3) is 4.83. The minimum atomic E-state index is -0.419. The Balaban J connectivity index is 2.13. The van der Waals surface area contributed by atoms with Gasteiger partial charge in [0.1, 0.15) is 0 Å². The predicted molar refractivity (Wildman–Crippen MR) is 101 cm³/mol. The molecule has 26 heavy (non-hydrogen) atoms. The van der Waals surface area contributed by atoms with Gasteiger partial charge in [-0.25, -0.2) is 0 Å². The molecule has 0 aliphatic carbocycles. The number of nitriles is 1. The molecular weight excluding hydrogens is 400 g/mol. The molecular formula is C19H17BrN2O4. The summed E-state index contributed by atoms with van der Waals surface area (Å²) in [5, 5.41) is 11.7. The minimum Gasteiger partial charge on any atom is -0.490 e. The highest BCUT2D eigenvalue weighted by atomic mass is 79.9. The van der Waals surface area contributed by atoms with Crippen molar-refractivity contribution in [2.75, 3.05) is 18.5 Å². The molecule has 0 aliphatic heterocycles. The van der Waals surface area contributed by atoms with E-state index in [2.05, 4.69) is 21.2 Å². The van der Waals surface area contributed by atoms with Crippen molar-refractivity contribution in [3.05, 3.63) is 52.0 Å². The van der Waals surface area contributed by atoms with Gasteiger partial charge < -0.3 is 14.8 Å². The normalized spacial score (nSPS) is 9.92. The summed E-state index contributed by atoms with van der Waals surface area (Å²) in [5.74, 6) is 0.143. The Morgan fingerprint density at radius 3 is 2.62 bits per heavy atom. The third-order valence-electron chi connectivity index (χ3n) is 3.37. The summed E-state index contributed by atoms with van der Waals surface area (Å²) in [7, 11) is 0. The number of ketones is 1. The van der Waals surface area contributed by atoms with E-state index >= 15 is 0 Å². The maximum Gasteiger partial charge on any atom is 0.262 e. The molecule has 0 aromatic heterocycles. The second-order valence-corrected chi connectivity index (χ2v) is 6.12. The summed E-state index contributed by atoms with van der Waals surface area (Å²) in [6.45, 7) is 3.35. The number of rotatable bonds is 7. The van der Waals surface area contributed by atoms with E-state index in [9.17, 15) is 9.59 Å². The van der Waals surface area contributed by atoms with Crippen LogP contribution in [0.25, 0.3) is 0 Å². The molecule has 0 saturated carbocycles. The summed E-state index contributed by atoms with van der Waals surface area (Å²) in [5.41, 5.74) is 1.26. The van der Waals surface area contributed by atoms with Crippen LogP contribution in [0.15, 0.2) is 40.9 Å². The number of Topliss-reactive ketones (excluding diaryl/α,β-unsaturated/α-hetero) is 1. The third-order valence-corrected chi connectivity index (χ3v) is 3.96. The van der Waals surface area contributed by atoms with Gasteiger partial charge in [-0.1, -0.05) is 12.1 Å². The lowest BCUT2D eigenvalue weighted by molar-refractivity contribution is -0.118. The number of amides is 1. The van der Waals surface area contributed by atoms with E-state index in [1.54, 1.807) is 36.4 Å². The number of nitrogens with zero attached hydrogens (tertiary/aromatic N) is 1. The van der Waals surface area contributed by atoms with Crippen LogP contribution in [0.4, 0.5) is 5.69 Å². The van der Waals surface area contributed by atoms with E-state index in [4.69, 9.17) is 14.7 Å². The molecule has 0 atom stereocenters. The van der Waals surface area contributed by atoms with Gasteiger partial charge in [0.15, 0.2) is 23.9 Å². The Hall–Kier alpha value is -2.85. The topological polar surface area (TPSA) is 88.4 Å². The van der Waals surface area contributed by atoms with E-state index in [1.165, 1.54) is 6.92 Å². The maximum absolute atomic E-state index is 12.2. The number of anilines is 1. The zero-order chi connectivity index (χ0) is 19.1. The fraction of sp³-hybridized carbons (Fsp3) is 0.211. The first-order chi connectivity index (χ1) is 12.5. The number of carbonyl (C=O) groups excluding carboxylic acids is 2. The number of carbonyl (C=O) groups is 2. The van der Waals surface area contributed by atoms with Crippen LogP contribution in [0.3, 0.4) is 0 Å². The van der Waals surface area contributed by atoms with Crippen molar-refractivity contribution in [1.29, 1.82) is 5.26 Å². The van der Waals surface area contributed by atoms with Crippen molar-refractivity contribution in [3.8, 4) is 17.6 Å². The summed E-state index contributed by atoms with van der Waals surface area (Å²) in [6.07, 6.45) is 0. The number of nitrogens with one attached hydrogen (secondary N) is 1. The second-order valence-electron chi connectivity index (χ2n) is 5.27. The van der Waals surface area contributed by atoms with Crippen LogP contribution < -0.4 is 14.8 Å². The van der Waals surface area contributed by atoms with E-state index < -0.39 is 5.91 Å². The van der Waals surface area contributed by atoms with Gasteiger partial charge >= 0.3 is 0 Å². The first kappa shape index (κ1) is 19.5. The summed E-state index contributed by atoms with van der Waals surface area (Å²) in [4.78, 5) is 23.8. The van der Waals surface area contributed by atoms with Gasteiger partial charge in [-0.2, -0.15) is 5.26 Å². The smallest absolute Gasteiger partial charge is 0.262 e. The molecule has 7 heteroatoms. The lowest BCUT2D eigenvalue weighted by Gasteiger charge is -2.14. The van der Waals surface area contributed by atoms with Crippen LogP contribution in [-0.4, -0.2) is 24.9 Å². The molecule has 0 unspecified atom stereocenters. The number of hydrogen-bond acceptors (Lipinski definition) is 5. The van der Waals surface area contributed by atoms with Crippen LogP contribution >= 0.6 is 15.9 Å². The van der Waals surface area contributed by atoms with Crippen molar-refractivity contribution in [2.45, 2.75) is 13.8 Å².